The zero-order valence-corrected chi connectivity index (χ0v) is 14.6. The summed E-state index contributed by atoms with van der Waals surface area (Å²) in [7, 11) is 1.67. The molecule has 2 aromatic rings. The highest BCUT2D eigenvalue weighted by molar-refractivity contribution is 9.10. The molecule has 0 amide bonds. The first kappa shape index (κ1) is 14.9. The lowest BCUT2D eigenvalue weighted by atomic mass is 10.0. The summed E-state index contributed by atoms with van der Waals surface area (Å²) in [6, 6.07) is 11.0. The van der Waals surface area contributed by atoms with Gasteiger partial charge in [0.05, 0.1) is 16.6 Å². The van der Waals surface area contributed by atoms with Crippen molar-refractivity contribution in [3.63, 3.8) is 0 Å². The van der Waals surface area contributed by atoms with E-state index in [-0.39, 0.29) is 0 Å². The van der Waals surface area contributed by atoms with Crippen LogP contribution in [0.15, 0.2) is 34.8 Å². The van der Waals surface area contributed by atoms with Crippen molar-refractivity contribution >= 4 is 27.5 Å². The highest BCUT2D eigenvalue weighted by atomic mass is 79.9. The Kier molecular flexibility index (Phi) is 4.28. The van der Waals surface area contributed by atoms with Crippen molar-refractivity contribution in [1.82, 2.24) is 0 Å². The van der Waals surface area contributed by atoms with Crippen LogP contribution < -0.4 is 4.74 Å². The Balaban J connectivity index is 1.87. The van der Waals surface area contributed by atoms with E-state index in [1.54, 1.807) is 7.11 Å². The SMILES string of the molecule is COc1c(Br)cc(Cc2ccc(C3CC3)cc2)c(Cl)c1C. The van der Waals surface area contributed by atoms with Crippen LogP contribution in [0.2, 0.25) is 5.02 Å². The highest BCUT2D eigenvalue weighted by Gasteiger charge is 2.23. The fourth-order valence-corrected chi connectivity index (χ4v) is 3.67. The van der Waals surface area contributed by atoms with E-state index >= 15 is 0 Å². The molecule has 21 heavy (non-hydrogen) atoms. The standard InChI is InChI=1S/C18H18BrClO/c1-11-17(20)15(10-16(19)18(11)21-2)9-12-3-5-13(6-4-12)14-7-8-14/h3-6,10,14H,7-9H2,1-2H3. The van der Waals surface area contributed by atoms with Crippen LogP contribution in [0, 0.1) is 6.92 Å². The molecule has 110 valence electrons. The van der Waals surface area contributed by atoms with E-state index in [0.29, 0.717) is 0 Å². The molecule has 0 aliphatic heterocycles. The fourth-order valence-electron chi connectivity index (χ4n) is 2.72. The molecule has 3 heteroatoms. The van der Waals surface area contributed by atoms with Crippen molar-refractivity contribution in [2.75, 3.05) is 7.11 Å². The van der Waals surface area contributed by atoms with Gasteiger partial charge >= 0.3 is 0 Å². The van der Waals surface area contributed by atoms with Gasteiger partial charge in [-0.3, -0.25) is 0 Å². The number of hydrogen-bond donors (Lipinski definition) is 0. The molecule has 1 nitrogen and oxygen atoms in total. The minimum absolute atomic E-state index is 0.793. The minimum Gasteiger partial charge on any atom is -0.495 e. The van der Waals surface area contributed by atoms with Crippen molar-refractivity contribution in [3.05, 3.63) is 62.1 Å². The molecule has 0 bridgehead atoms. The summed E-state index contributed by atoms with van der Waals surface area (Å²) in [5.74, 6) is 1.62. The monoisotopic (exact) mass is 364 g/mol. The smallest absolute Gasteiger partial charge is 0.137 e. The summed E-state index contributed by atoms with van der Waals surface area (Å²) >= 11 is 10.1. The summed E-state index contributed by atoms with van der Waals surface area (Å²) in [5.41, 5.74) is 4.87. The molecule has 3 rings (SSSR count). The lowest BCUT2D eigenvalue weighted by Crippen LogP contribution is -1.96. The molecule has 1 saturated carbocycles. The Hall–Kier alpha value is -0.990. The van der Waals surface area contributed by atoms with Gasteiger partial charge in [0.25, 0.3) is 0 Å². The summed E-state index contributed by atoms with van der Waals surface area (Å²) in [4.78, 5) is 0. The van der Waals surface area contributed by atoms with Crippen LogP contribution in [0.3, 0.4) is 0 Å². The van der Waals surface area contributed by atoms with Gasteiger partial charge in [-0.2, -0.15) is 0 Å². The Labute approximate surface area is 139 Å². The summed E-state index contributed by atoms with van der Waals surface area (Å²) < 4.78 is 6.33. The zero-order chi connectivity index (χ0) is 15.0. The predicted octanol–water partition coefficient (Wildman–Crippen LogP) is 5.89. The van der Waals surface area contributed by atoms with Crippen molar-refractivity contribution in [1.29, 1.82) is 0 Å². The zero-order valence-electron chi connectivity index (χ0n) is 12.2. The minimum atomic E-state index is 0.793. The molecule has 1 aliphatic carbocycles. The molecular formula is C18H18BrClO. The molecule has 0 heterocycles. The first-order chi connectivity index (χ1) is 10.1. The Morgan fingerprint density at radius 2 is 1.90 bits per heavy atom. The third-order valence-corrected chi connectivity index (χ3v) is 5.21. The number of benzene rings is 2. The molecule has 0 radical (unpaired) electrons. The molecule has 1 fully saturated rings. The van der Waals surface area contributed by atoms with Crippen molar-refractivity contribution in [3.8, 4) is 5.75 Å². The third-order valence-electron chi connectivity index (χ3n) is 4.10. The Morgan fingerprint density at radius 3 is 2.48 bits per heavy atom. The van der Waals surface area contributed by atoms with Crippen LogP contribution in [0.1, 0.15) is 41.0 Å². The molecule has 0 atom stereocenters. The van der Waals surface area contributed by atoms with Crippen molar-refractivity contribution in [2.45, 2.75) is 32.1 Å². The van der Waals surface area contributed by atoms with E-state index in [9.17, 15) is 0 Å². The molecule has 0 spiro atoms. The molecule has 0 aromatic heterocycles. The van der Waals surface area contributed by atoms with Gasteiger partial charge in [0.2, 0.25) is 0 Å². The summed E-state index contributed by atoms with van der Waals surface area (Å²) in [5, 5.41) is 0.793. The molecule has 0 saturated heterocycles. The van der Waals surface area contributed by atoms with Crippen LogP contribution in [0.4, 0.5) is 0 Å². The molecular weight excluding hydrogens is 348 g/mol. The van der Waals surface area contributed by atoms with Crippen LogP contribution in [0.25, 0.3) is 0 Å². The first-order valence-corrected chi connectivity index (χ1v) is 8.37. The Bertz CT molecular complexity index is 660. The number of ether oxygens (including phenoxy) is 1. The van der Waals surface area contributed by atoms with E-state index in [1.807, 2.05) is 6.92 Å². The lowest BCUT2D eigenvalue weighted by molar-refractivity contribution is 0.409. The van der Waals surface area contributed by atoms with Gasteiger partial charge in [0, 0.05) is 5.56 Å². The van der Waals surface area contributed by atoms with Crippen molar-refractivity contribution in [2.24, 2.45) is 0 Å². The average Bonchev–Trinajstić information content (AvgIpc) is 3.30. The topological polar surface area (TPSA) is 9.23 Å². The number of methoxy groups -OCH3 is 1. The lowest BCUT2D eigenvalue weighted by Gasteiger charge is -2.13. The van der Waals surface area contributed by atoms with Crippen LogP contribution in [0.5, 0.6) is 5.75 Å². The van der Waals surface area contributed by atoms with Crippen LogP contribution in [-0.4, -0.2) is 7.11 Å². The van der Waals surface area contributed by atoms with E-state index < -0.39 is 0 Å². The summed E-state index contributed by atoms with van der Waals surface area (Å²) in [6.07, 6.45) is 3.53. The summed E-state index contributed by atoms with van der Waals surface area (Å²) in [6.45, 7) is 1.99. The third kappa shape index (κ3) is 3.12. The highest BCUT2D eigenvalue weighted by Crippen LogP contribution is 2.40. The van der Waals surface area contributed by atoms with Crippen molar-refractivity contribution < 1.29 is 4.74 Å². The predicted molar refractivity (Wildman–Crippen MR) is 91.7 cm³/mol. The second-order valence-electron chi connectivity index (χ2n) is 5.68. The van der Waals surface area contributed by atoms with Gasteiger partial charge in [-0.05, 0) is 70.8 Å². The van der Waals surface area contributed by atoms with Gasteiger partial charge in [0.1, 0.15) is 5.75 Å². The van der Waals surface area contributed by atoms with Gasteiger partial charge in [0.15, 0.2) is 0 Å². The van der Waals surface area contributed by atoms with Gasteiger partial charge in [-0.15, -0.1) is 0 Å². The largest absolute Gasteiger partial charge is 0.495 e. The molecule has 1 aliphatic rings. The molecule has 0 unspecified atom stereocenters. The Morgan fingerprint density at radius 1 is 1.24 bits per heavy atom. The van der Waals surface area contributed by atoms with E-state index in [2.05, 4.69) is 46.3 Å². The van der Waals surface area contributed by atoms with E-state index in [4.69, 9.17) is 16.3 Å². The molecule has 2 aromatic carbocycles. The fraction of sp³-hybridized carbons (Fsp3) is 0.333. The molecule has 0 N–H and O–H groups in total. The average molecular weight is 366 g/mol. The maximum Gasteiger partial charge on any atom is 0.137 e. The van der Waals surface area contributed by atoms with Crippen LogP contribution >= 0.6 is 27.5 Å². The number of rotatable bonds is 4. The van der Waals surface area contributed by atoms with Gasteiger partial charge < -0.3 is 4.74 Å². The van der Waals surface area contributed by atoms with E-state index in [0.717, 1.165) is 38.7 Å². The number of hydrogen-bond acceptors (Lipinski definition) is 1. The van der Waals surface area contributed by atoms with Crippen LogP contribution in [-0.2, 0) is 6.42 Å². The quantitative estimate of drug-likeness (QED) is 0.656. The normalized spacial score (nSPS) is 14.3. The second kappa shape index (κ2) is 6.02. The van der Waals surface area contributed by atoms with Gasteiger partial charge in [-0.25, -0.2) is 0 Å². The maximum absolute atomic E-state index is 6.49. The van der Waals surface area contributed by atoms with Gasteiger partial charge in [-0.1, -0.05) is 35.9 Å². The first-order valence-electron chi connectivity index (χ1n) is 7.20. The number of halogens is 2. The van der Waals surface area contributed by atoms with E-state index in [1.165, 1.54) is 24.0 Å². The second-order valence-corrected chi connectivity index (χ2v) is 6.91. The maximum atomic E-state index is 6.49.